The fourth-order valence-corrected chi connectivity index (χ4v) is 6.26. The van der Waals surface area contributed by atoms with Gasteiger partial charge in [-0.15, -0.1) is 0 Å². The van der Waals surface area contributed by atoms with Gasteiger partial charge in [-0.2, -0.15) is 0 Å². The fourth-order valence-electron chi connectivity index (χ4n) is 2.35. The first-order chi connectivity index (χ1) is 11.6. The van der Waals surface area contributed by atoms with Crippen LogP contribution >= 0.6 is 19.8 Å². The first-order valence-electron chi connectivity index (χ1n) is 8.34. The van der Waals surface area contributed by atoms with Gasteiger partial charge in [-0.1, -0.05) is 0 Å². The molecule has 0 aliphatic heterocycles. The average molecular weight is 440 g/mol. The van der Waals surface area contributed by atoms with E-state index >= 15 is 0 Å². The van der Waals surface area contributed by atoms with Crippen LogP contribution in [0.5, 0.6) is 0 Å². The molecule has 0 aromatic heterocycles. The molecule has 5 heteroatoms. The van der Waals surface area contributed by atoms with Gasteiger partial charge >= 0.3 is 153 Å². The molecule has 0 aliphatic carbocycles. The Morgan fingerprint density at radius 2 is 1.08 bits per heavy atom. The molecule has 0 atom stereocenters. The summed E-state index contributed by atoms with van der Waals surface area (Å²) < 4.78 is 2.82. The Morgan fingerprint density at radius 1 is 0.708 bits per heavy atom. The number of anilines is 4. The number of hydrogen-bond donors (Lipinski definition) is 4. The molecule has 0 spiro atoms. The molecule has 0 heterocycles. The second-order valence-corrected chi connectivity index (χ2v) is 12.2. The Morgan fingerprint density at radius 3 is 1.46 bits per heavy atom. The van der Waals surface area contributed by atoms with Crippen LogP contribution in [0.2, 0.25) is 0 Å². The number of halogens is 1. The van der Waals surface area contributed by atoms with E-state index in [9.17, 15) is 0 Å². The first-order valence-corrected chi connectivity index (χ1v) is 13.5. The van der Waals surface area contributed by atoms with Gasteiger partial charge in [0.05, 0.1) is 0 Å². The monoisotopic (exact) mass is 440 g/mol. The number of benzene rings is 2. The Hall–Kier alpha value is -1.63. The third-order valence-electron chi connectivity index (χ3n) is 3.75. The summed E-state index contributed by atoms with van der Waals surface area (Å²) in [5.74, 6) is 0. The van der Waals surface area contributed by atoms with Gasteiger partial charge in [0, 0.05) is 0 Å². The van der Waals surface area contributed by atoms with E-state index in [0.717, 1.165) is 35.8 Å². The third kappa shape index (κ3) is 7.29. The van der Waals surface area contributed by atoms with Crippen molar-refractivity contribution in [3.05, 3.63) is 48.5 Å². The number of hydrogen-bond acceptors (Lipinski definition) is 4. The van der Waals surface area contributed by atoms with E-state index < -0.39 is 19.8 Å². The standard InChI is InChI=1S/C19H29IN4/c1-20(12-2-14-23-18-8-4-16(21)5-9-18)13-3-15-24-19-10-6-17(22)7-11-19/h4-11,23-24H,2-3,12-15,21-22H2,1H3. The molecule has 2 rings (SSSR count). The van der Waals surface area contributed by atoms with E-state index in [1.807, 2.05) is 48.5 Å². The van der Waals surface area contributed by atoms with Crippen molar-refractivity contribution >= 4 is 42.6 Å². The van der Waals surface area contributed by atoms with Crippen LogP contribution in [0.3, 0.4) is 0 Å². The molecular weight excluding hydrogens is 411 g/mol. The van der Waals surface area contributed by atoms with Gasteiger partial charge < -0.3 is 0 Å². The molecule has 6 N–H and O–H groups in total. The molecule has 2 aromatic rings. The topological polar surface area (TPSA) is 76.1 Å². The van der Waals surface area contributed by atoms with Gasteiger partial charge in [0.1, 0.15) is 0 Å². The zero-order valence-electron chi connectivity index (χ0n) is 14.4. The van der Waals surface area contributed by atoms with Gasteiger partial charge in [-0.25, -0.2) is 0 Å². The number of nitrogen functional groups attached to an aromatic ring is 2. The maximum absolute atomic E-state index is 5.69. The van der Waals surface area contributed by atoms with E-state index in [4.69, 9.17) is 11.5 Å². The maximum atomic E-state index is 5.69. The first kappa shape index (κ1) is 18.7. The van der Waals surface area contributed by atoms with Crippen molar-refractivity contribution in [3.8, 4) is 0 Å². The summed E-state index contributed by atoms with van der Waals surface area (Å²) in [4.78, 5) is 2.50. The Balaban J connectivity index is 1.51. The molecule has 0 radical (unpaired) electrons. The van der Waals surface area contributed by atoms with Crippen LogP contribution in [0.1, 0.15) is 12.8 Å². The molecule has 132 valence electrons. The SMILES string of the molecule is CI(CCCNc1ccc(N)cc1)CCCNc1ccc(N)cc1. The van der Waals surface area contributed by atoms with E-state index in [-0.39, 0.29) is 0 Å². The van der Waals surface area contributed by atoms with Crippen LogP contribution in [-0.4, -0.2) is 26.9 Å². The van der Waals surface area contributed by atoms with Crippen LogP contribution in [0.25, 0.3) is 0 Å². The zero-order valence-corrected chi connectivity index (χ0v) is 16.6. The fraction of sp³-hybridized carbons (Fsp3) is 0.368. The second-order valence-electron chi connectivity index (χ2n) is 5.91. The summed E-state index contributed by atoms with van der Waals surface area (Å²) >= 11 is -0.762. The number of rotatable bonds is 10. The van der Waals surface area contributed by atoms with Crippen LogP contribution < -0.4 is 22.1 Å². The molecule has 2 aromatic carbocycles. The summed E-state index contributed by atoms with van der Waals surface area (Å²) in [6.07, 6.45) is 2.52. The molecule has 0 aliphatic rings. The van der Waals surface area contributed by atoms with E-state index in [1.165, 1.54) is 21.7 Å². The average Bonchev–Trinajstić information content (AvgIpc) is 2.59. The van der Waals surface area contributed by atoms with Gasteiger partial charge in [-0.05, 0) is 0 Å². The molecule has 24 heavy (non-hydrogen) atoms. The van der Waals surface area contributed by atoms with Gasteiger partial charge in [0.2, 0.25) is 0 Å². The van der Waals surface area contributed by atoms with E-state index in [0.29, 0.717) is 0 Å². The van der Waals surface area contributed by atoms with Crippen LogP contribution in [0.4, 0.5) is 22.7 Å². The quantitative estimate of drug-likeness (QED) is 0.192. The molecule has 0 unspecified atom stereocenters. The Kier molecular flexibility index (Phi) is 8.01. The van der Waals surface area contributed by atoms with Crippen molar-refractivity contribution in [2.75, 3.05) is 49.0 Å². The van der Waals surface area contributed by atoms with E-state index in [2.05, 4.69) is 15.6 Å². The van der Waals surface area contributed by atoms with Crippen molar-refractivity contribution in [2.24, 2.45) is 0 Å². The van der Waals surface area contributed by atoms with Crippen molar-refractivity contribution in [3.63, 3.8) is 0 Å². The zero-order chi connectivity index (χ0) is 17.2. The summed E-state index contributed by atoms with van der Waals surface area (Å²) in [5, 5.41) is 6.93. The minimum absolute atomic E-state index is 0.762. The third-order valence-corrected chi connectivity index (χ3v) is 8.95. The van der Waals surface area contributed by atoms with Gasteiger partial charge in [-0.3, -0.25) is 0 Å². The van der Waals surface area contributed by atoms with Gasteiger partial charge in [0.15, 0.2) is 0 Å². The summed E-state index contributed by atoms with van der Waals surface area (Å²) in [6, 6.07) is 15.9. The predicted molar refractivity (Wildman–Crippen MR) is 118 cm³/mol. The summed E-state index contributed by atoms with van der Waals surface area (Å²) in [5.41, 5.74) is 15.3. The summed E-state index contributed by atoms with van der Waals surface area (Å²) in [6.45, 7) is 2.10. The van der Waals surface area contributed by atoms with Crippen LogP contribution in [0, 0.1) is 0 Å². The number of nitrogens with two attached hydrogens (primary N) is 2. The number of nitrogens with one attached hydrogen (secondary N) is 2. The molecule has 0 bridgehead atoms. The Labute approximate surface area is 152 Å². The van der Waals surface area contributed by atoms with Crippen molar-refractivity contribution in [2.45, 2.75) is 12.8 Å². The Bertz CT molecular complexity index is 530. The molecular formula is C19H29IN4. The van der Waals surface area contributed by atoms with Gasteiger partial charge in [0.25, 0.3) is 0 Å². The summed E-state index contributed by atoms with van der Waals surface area (Å²) in [7, 11) is 0. The van der Waals surface area contributed by atoms with Crippen molar-refractivity contribution in [1.82, 2.24) is 0 Å². The molecule has 0 amide bonds. The van der Waals surface area contributed by atoms with E-state index in [1.54, 1.807) is 0 Å². The van der Waals surface area contributed by atoms with Crippen LogP contribution in [-0.2, 0) is 0 Å². The number of alkyl halides is 3. The molecule has 0 saturated heterocycles. The van der Waals surface area contributed by atoms with Crippen LogP contribution in [0.15, 0.2) is 48.5 Å². The minimum atomic E-state index is -0.762. The molecule has 0 saturated carbocycles. The molecule has 4 nitrogen and oxygen atoms in total. The second kappa shape index (κ2) is 10.3. The van der Waals surface area contributed by atoms with Crippen molar-refractivity contribution in [1.29, 1.82) is 0 Å². The molecule has 0 fully saturated rings. The normalized spacial score (nSPS) is 11.1. The predicted octanol–water partition coefficient (Wildman–Crippen LogP) is 4.29. The van der Waals surface area contributed by atoms with Crippen molar-refractivity contribution < 1.29 is 0 Å².